The molecule has 0 bridgehead atoms. The van der Waals surface area contributed by atoms with Crippen molar-refractivity contribution in [2.75, 3.05) is 6.61 Å². The molecule has 0 aliphatic heterocycles. The molecule has 82 valence electrons. The molecule has 3 N–H and O–H groups in total. The summed E-state index contributed by atoms with van der Waals surface area (Å²) in [6.07, 6.45) is 1.50. The molecule has 0 saturated carbocycles. The molecular formula is C10H15N3O2. The monoisotopic (exact) mass is 209 g/mol. The number of nitrogens with zero attached hydrogens (tertiary/aromatic N) is 2. The first-order valence-corrected chi connectivity index (χ1v) is 4.70. The number of nitrogens with two attached hydrogens (primary N) is 1. The van der Waals surface area contributed by atoms with Crippen LogP contribution in [0.5, 0.6) is 5.88 Å². The standard InChI is InChI=1S/C10H15N3O2/c1-7(2)6-15-9-4-3-8(5-12-9)10(11)13-14/h3-5,7,14H,6H2,1-2H3,(H2,11,13). The third-order valence-electron chi connectivity index (χ3n) is 1.70. The van der Waals surface area contributed by atoms with Gasteiger partial charge in [0.05, 0.1) is 6.61 Å². The van der Waals surface area contributed by atoms with Gasteiger partial charge in [-0.3, -0.25) is 0 Å². The predicted octanol–water partition coefficient (Wildman–Crippen LogP) is 1.21. The van der Waals surface area contributed by atoms with Crippen LogP contribution in [0.15, 0.2) is 23.5 Å². The van der Waals surface area contributed by atoms with Crippen molar-refractivity contribution in [3.05, 3.63) is 23.9 Å². The van der Waals surface area contributed by atoms with Crippen molar-refractivity contribution in [3.63, 3.8) is 0 Å². The smallest absolute Gasteiger partial charge is 0.213 e. The van der Waals surface area contributed by atoms with Crippen LogP contribution in [-0.4, -0.2) is 22.6 Å². The van der Waals surface area contributed by atoms with Crippen LogP contribution >= 0.6 is 0 Å². The molecule has 15 heavy (non-hydrogen) atoms. The van der Waals surface area contributed by atoms with Gasteiger partial charge in [0.25, 0.3) is 0 Å². The highest BCUT2D eigenvalue weighted by Crippen LogP contribution is 2.08. The number of ether oxygens (including phenoxy) is 1. The number of oxime groups is 1. The molecule has 0 aliphatic rings. The molecule has 1 rings (SSSR count). The highest BCUT2D eigenvalue weighted by atomic mass is 16.5. The van der Waals surface area contributed by atoms with Gasteiger partial charge in [0.1, 0.15) is 0 Å². The van der Waals surface area contributed by atoms with Crippen molar-refractivity contribution in [2.24, 2.45) is 16.8 Å². The second-order valence-corrected chi connectivity index (χ2v) is 3.58. The topological polar surface area (TPSA) is 80.7 Å². The van der Waals surface area contributed by atoms with Crippen LogP contribution in [0.3, 0.4) is 0 Å². The Labute approximate surface area is 88.6 Å². The molecule has 5 heteroatoms. The zero-order valence-electron chi connectivity index (χ0n) is 8.84. The quantitative estimate of drug-likeness (QED) is 0.338. The minimum atomic E-state index is 0.0397. The Balaban J connectivity index is 2.64. The van der Waals surface area contributed by atoms with E-state index in [0.29, 0.717) is 24.0 Å². The normalized spacial score (nSPS) is 11.8. The van der Waals surface area contributed by atoms with Gasteiger partial charge in [0.15, 0.2) is 5.84 Å². The van der Waals surface area contributed by atoms with Crippen LogP contribution < -0.4 is 10.5 Å². The van der Waals surface area contributed by atoms with E-state index >= 15 is 0 Å². The molecule has 0 fully saturated rings. The van der Waals surface area contributed by atoms with Gasteiger partial charge in [-0.25, -0.2) is 4.98 Å². The maximum Gasteiger partial charge on any atom is 0.213 e. The molecule has 0 saturated heterocycles. The Bertz CT molecular complexity index is 333. The van der Waals surface area contributed by atoms with Crippen molar-refractivity contribution in [1.82, 2.24) is 4.98 Å². The highest BCUT2D eigenvalue weighted by Gasteiger charge is 2.01. The van der Waals surface area contributed by atoms with Gasteiger partial charge in [-0.1, -0.05) is 19.0 Å². The van der Waals surface area contributed by atoms with Gasteiger partial charge in [-0.15, -0.1) is 0 Å². The van der Waals surface area contributed by atoms with Crippen molar-refractivity contribution in [1.29, 1.82) is 0 Å². The van der Waals surface area contributed by atoms with E-state index in [9.17, 15) is 0 Å². The lowest BCUT2D eigenvalue weighted by atomic mass is 10.2. The fraction of sp³-hybridized carbons (Fsp3) is 0.400. The predicted molar refractivity (Wildman–Crippen MR) is 57.1 cm³/mol. The first-order valence-electron chi connectivity index (χ1n) is 4.70. The van der Waals surface area contributed by atoms with E-state index in [1.54, 1.807) is 12.1 Å². The molecule has 5 nitrogen and oxygen atoms in total. The van der Waals surface area contributed by atoms with Gasteiger partial charge < -0.3 is 15.7 Å². The molecule has 1 heterocycles. The minimum Gasteiger partial charge on any atom is -0.477 e. The van der Waals surface area contributed by atoms with Crippen molar-refractivity contribution < 1.29 is 9.94 Å². The fourth-order valence-corrected chi connectivity index (χ4v) is 0.927. The molecule has 0 amide bonds. The molecule has 0 aliphatic carbocycles. The summed E-state index contributed by atoms with van der Waals surface area (Å²) in [5.74, 6) is 1.03. The Hall–Kier alpha value is -1.78. The lowest BCUT2D eigenvalue weighted by molar-refractivity contribution is 0.261. The molecule has 0 atom stereocenters. The van der Waals surface area contributed by atoms with E-state index in [4.69, 9.17) is 15.7 Å². The molecular weight excluding hydrogens is 194 g/mol. The number of rotatable bonds is 4. The Morgan fingerprint density at radius 1 is 1.60 bits per heavy atom. The number of amidine groups is 1. The Morgan fingerprint density at radius 2 is 2.33 bits per heavy atom. The van der Waals surface area contributed by atoms with Crippen LogP contribution in [-0.2, 0) is 0 Å². The number of hydrogen-bond donors (Lipinski definition) is 2. The summed E-state index contributed by atoms with van der Waals surface area (Å²) < 4.78 is 5.38. The first-order chi connectivity index (χ1) is 7.13. The third kappa shape index (κ3) is 3.46. The molecule has 0 radical (unpaired) electrons. The van der Waals surface area contributed by atoms with Gasteiger partial charge in [-0.2, -0.15) is 0 Å². The largest absolute Gasteiger partial charge is 0.477 e. The zero-order chi connectivity index (χ0) is 11.3. The van der Waals surface area contributed by atoms with E-state index in [2.05, 4.69) is 24.0 Å². The van der Waals surface area contributed by atoms with Gasteiger partial charge in [0, 0.05) is 17.8 Å². The van der Waals surface area contributed by atoms with Gasteiger partial charge in [0.2, 0.25) is 5.88 Å². The number of pyridine rings is 1. The van der Waals surface area contributed by atoms with Crippen LogP contribution in [0, 0.1) is 5.92 Å². The number of hydrogen-bond acceptors (Lipinski definition) is 4. The van der Waals surface area contributed by atoms with Crippen LogP contribution in [0.2, 0.25) is 0 Å². The van der Waals surface area contributed by atoms with E-state index in [-0.39, 0.29) is 5.84 Å². The van der Waals surface area contributed by atoms with Crippen molar-refractivity contribution in [3.8, 4) is 5.88 Å². The average Bonchev–Trinajstić information content (AvgIpc) is 2.26. The summed E-state index contributed by atoms with van der Waals surface area (Å²) in [5, 5.41) is 11.3. The van der Waals surface area contributed by atoms with Crippen LogP contribution in [0.1, 0.15) is 19.4 Å². The summed E-state index contributed by atoms with van der Waals surface area (Å²) in [5.41, 5.74) is 5.95. The molecule has 1 aromatic heterocycles. The lowest BCUT2D eigenvalue weighted by Crippen LogP contribution is -2.13. The van der Waals surface area contributed by atoms with Crippen molar-refractivity contribution in [2.45, 2.75) is 13.8 Å². The highest BCUT2D eigenvalue weighted by molar-refractivity contribution is 5.96. The van der Waals surface area contributed by atoms with E-state index in [0.717, 1.165) is 0 Å². The fourth-order valence-electron chi connectivity index (χ4n) is 0.927. The minimum absolute atomic E-state index is 0.0397. The second kappa shape index (κ2) is 5.19. The maximum absolute atomic E-state index is 8.44. The summed E-state index contributed by atoms with van der Waals surface area (Å²) >= 11 is 0. The SMILES string of the molecule is CC(C)COc1ccc(/C(N)=N/O)cn1. The molecule has 0 aromatic carbocycles. The third-order valence-corrected chi connectivity index (χ3v) is 1.70. The molecule has 0 unspecified atom stereocenters. The van der Waals surface area contributed by atoms with E-state index in [1.807, 2.05) is 0 Å². The summed E-state index contributed by atoms with van der Waals surface area (Å²) in [6, 6.07) is 3.38. The second-order valence-electron chi connectivity index (χ2n) is 3.58. The molecule has 0 spiro atoms. The lowest BCUT2D eigenvalue weighted by Gasteiger charge is -2.07. The van der Waals surface area contributed by atoms with E-state index in [1.165, 1.54) is 6.20 Å². The summed E-state index contributed by atoms with van der Waals surface area (Å²) in [7, 11) is 0. The molecule has 1 aromatic rings. The van der Waals surface area contributed by atoms with Gasteiger partial charge >= 0.3 is 0 Å². The number of aromatic nitrogens is 1. The Kier molecular flexibility index (Phi) is 3.91. The first kappa shape index (κ1) is 11.3. The maximum atomic E-state index is 8.44. The zero-order valence-corrected chi connectivity index (χ0v) is 8.84. The Morgan fingerprint density at radius 3 is 2.80 bits per heavy atom. The van der Waals surface area contributed by atoms with E-state index < -0.39 is 0 Å². The summed E-state index contributed by atoms with van der Waals surface area (Å²) in [4.78, 5) is 4.03. The van der Waals surface area contributed by atoms with Crippen molar-refractivity contribution >= 4 is 5.84 Å². The van der Waals surface area contributed by atoms with Gasteiger partial charge in [-0.05, 0) is 12.0 Å². The average molecular weight is 209 g/mol. The summed E-state index contributed by atoms with van der Waals surface area (Å²) in [6.45, 7) is 4.74. The van der Waals surface area contributed by atoms with Crippen LogP contribution in [0.4, 0.5) is 0 Å². The van der Waals surface area contributed by atoms with Crippen LogP contribution in [0.25, 0.3) is 0 Å².